The number of para-hydroxylation sites is 1. The van der Waals surface area contributed by atoms with Gasteiger partial charge in [-0.25, -0.2) is 4.79 Å². The number of fused-ring (bicyclic) bond motifs is 1. The summed E-state index contributed by atoms with van der Waals surface area (Å²) in [7, 11) is 0. The molecule has 1 aromatic carbocycles. The summed E-state index contributed by atoms with van der Waals surface area (Å²) >= 11 is 6.23. The molecule has 6 N–H and O–H groups in total. The molecular weight excluding hydrogens is 550 g/mol. The number of Topliss-reactive ketones (excluding diaryl/α,β-unsaturated/α-hetero) is 1. The molecule has 12 heteroatoms. The third kappa shape index (κ3) is 7.95. The van der Waals surface area contributed by atoms with E-state index in [0.29, 0.717) is 35.5 Å². The first-order valence-electron chi connectivity index (χ1n) is 13.8. The summed E-state index contributed by atoms with van der Waals surface area (Å²) < 4.78 is 5.09. The number of amides is 3. The average molecular weight is 586 g/mol. The van der Waals surface area contributed by atoms with E-state index in [0.717, 1.165) is 24.6 Å². The van der Waals surface area contributed by atoms with Crippen LogP contribution >= 0.6 is 11.6 Å². The number of halogens is 1. The van der Waals surface area contributed by atoms with E-state index in [1.54, 1.807) is 25.1 Å². The van der Waals surface area contributed by atoms with Gasteiger partial charge in [0.1, 0.15) is 17.8 Å². The van der Waals surface area contributed by atoms with Gasteiger partial charge in [-0.2, -0.15) is 0 Å². The first-order chi connectivity index (χ1) is 19.5. The van der Waals surface area contributed by atoms with Crippen molar-refractivity contribution in [2.24, 2.45) is 17.6 Å². The molecule has 2 aromatic rings. The number of carbonyl (C=O) groups excluding carboxylic acids is 5. The highest BCUT2D eigenvalue weighted by Gasteiger charge is 2.35. The van der Waals surface area contributed by atoms with Crippen molar-refractivity contribution in [2.45, 2.75) is 63.6 Å². The molecule has 2 fully saturated rings. The maximum atomic E-state index is 13.5. The number of hydrogen-bond donors (Lipinski definition) is 5. The van der Waals surface area contributed by atoms with Crippen molar-refractivity contribution in [1.29, 1.82) is 0 Å². The molecule has 0 unspecified atom stereocenters. The lowest BCUT2D eigenvalue weighted by Crippen LogP contribution is -2.53. The highest BCUT2D eigenvalue weighted by molar-refractivity contribution is 6.35. The predicted molar refractivity (Wildman–Crippen MR) is 153 cm³/mol. The number of nitrogens with two attached hydrogens (primary N) is 1. The number of esters is 1. The van der Waals surface area contributed by atoms with Crippen LogP contribution in [-0.2, 0) is 23.9 Å². The van der Waals surface area contributed by atoms with E-state index in [-0.39, 0.29) is 23.9 Å². The normalized spacial score (nSPS) is 19.0. The van der Waals surface area contributed by atoms with E-state index in [1.165, 1.54) is 0 Å². The van der Waals surface area contributed by atoms with Gasteiger partial charge in [0.25, 0.3) is 5.91 Å². The summed E-state index contributed by atoms with van der Waals surface area (Å²) in [5, 5.41) is 9.52. The van der Waals surface area contributed by atoms with Crippen molar-refractivity contribution in [3.8, 4) is 0 Å². The second-order valence-corrected chi connectivity index (χ2v) is 11.3. The fourth-order valence-corrected chi connectivity index (χ4v) is 5.05. The van der Waals surface area contributed by atoms with Crippen LogP contribution in [0.3, 0.4) is 0 Å². The van der Waals surface area contributed by atoms with Gasteiger partial charge < -0.3 is 31.4 Å². The summed E-state index contributed by atoms with van der Waals surface area (Å²) in [4.78, 5) is 67.5. The average Bonchev–Trinajstić information content (AvgIpc) is 3.65. The van der Waals surface area contributed by atoms with Gasteiger partial charge in [0, 0.05) is 17.8 Å². The molecule has 2 heterocycles. The number of piperidine rings is 1. The largest absolute Gasteiger partial charge is 0.456 e. The van der Waals surface area contributed by atoms with Crippen LogP contribution in [0.4, 0.5) is 0 Å². The van der Waals surface area contributed by atoms with Crippen molar-refractivity contribution in [2.75, 3.05) is 13.2 Å². The van der Waals surface area contributed by atoms with Crippen LogP contribution in [0.2, 0.25) is 5.02 Å². The maximum absolute atomic E-state index is 13.5. The molecule has 2 aliphatic rings. The minimum atomic E-state index is -1.12. The van der Waals surface area contributed by atoms with Crippen LogP contribution in [0.5, 0.6) is 0 Å². The molecule has 41 heavy (non-hydrogen) atoms. The monoisotopic (exact) mass is 585 g/mol. The summed E-state index contributed by atoms with van der Waals surface area (Å²) in [6, 6.07) is 3.83. The number of aromatic amines is 1. The van der Waals surface area contributed by atoms with Crippen LogP contribution in [0.25, 0.3) is 10.9 Å². The third-order valence-electron chi connectivity index (χ3n) is 7.50. The van der Waals surface area contributed by atoms with E-state index >= 15 is 0 Å². The van der Waals surface area contributed by atoms with Gasteiger partial charge in [0.05, 0.1) is 16.6 Å². The lowest BCUT2D eigenvalue weighted by Gasteiger charge is -2.27. The molecule has 3 amide bonds. The summed E-state index contributed by atoms with van der Waals surface area (Å²) in [5.41, 5.74) is 6.96. The SMILES string of the molecule is C=C(C)[C@H](N)C(=O)OCC(=O)[C@H](C[C@@H]1CCCNC1=O)NC(=O)[C@H](CC1CC1)NC(=O)c1cc2cccc(Cl)c2[nH]1. The lowest BCUT2D eigenvalue weighted by molar-refractivity contribution is -0.149. The van der Waals surface area contributed by atoms with E-state index in [9.17, 15) is 24.0 Å². The predicted octanol–water partition coefficient (Wildman–Crippen LogP) is 2.14. The van der Waals surface area contributed by atoms with Crippen LogP contribution in [0.15, 0.2) is 36.4 Å². The van der Waals surface area contributed by atoms with Gasteiger partial charge in [-0.3, -0.25) is 19.2 Å². The Balaban J connectivity index is 1.48. The number of rotatable bonds is 13. The van der Waals surface area contributed by atoms with Gasteiger partial charge in [-0.1, -0.05) is 48.7 Å². The molecule has 1 aliphatic carbocycles. The molecule has 220 valence electrons. The van der Waals surface area contributed by atoms with Gasteiger partial charge >= 0.3 is 5.97 Å². The van der Waals surface area contributed by atoms with E-state index in [1.807, 2.05) is 6.07 Å². The van der Waals surface area contributed by atoms with Crippen molar-refractivity contribution >= 4 is 52.0 Å². The number of carbonyl (C=O) groups is 5. The third-order valence-corrected chi connectivity index (χ3v) is 7.82. The first kappa shape index (κ1) is 30.3. The lowest BCUT2D eigenvalue weighted by atomic mass is 9.90. The number of aromatic nitrogens is 1. The molecule has 4 rings (SSSR count). The Hall–Kier alpha value is -3.70. The van der Waals surface area contributed by atoms with Crippen molar-refractivity contribution in [3.05, 3.63) is 47.1 Å². The molecule has 4 atom stereocenters. The summed E-state index contributed by atoms with van der Waals surface area (Å²) in [5.74, 6) is -2.88. The van der Waals surface area contributed by atoms with Crippen LogP contribution in [0.1, 0.15) is 55.9 Å². The Morgan fingerprint density at radius 3 is 2.56 bits per heavy atom. The highest BCUT2D eigenvalue weighted by Crippen LogP contribution is 2.34. The standard InChI is InChI=1S/C29H36ClN5O6/c1-15(2)24(31)29(40)41-14-23(36)20(13-18-6-4-10-32-26(18)37)34-27(38)21(11-16-8-9-16)35-28(39)22-12-17-5-3-7-19(30)25(17)33-22/h3,5,7,12,16,18,20-21,24,33H,1,4,6,8-11,13-14,31H2,2H3,(H,32,37)(H,34,38)(H,35,39)/t18-,20-,21-,24-/m0/s1. The zero-order chi connectivity index (χ0) is 29.7. The van der Waals surface area contributed by atoms with Crippen LogP contribution in [0, 0.1) is 11.8 Å². The molecule has 0 bridgehead atoms. The zero-order valence-electron chi connectivity index (χ0n) is 23.0. The Labute approximate surface area is 242 Å². The fourth-order valence-electron chi connectivity index (χ4n) is 4.82. The summed E-state index contributed by atoms with van der Waals surface area (Å²) in [6.07, 6.45) is 3.59. The quantitative estimate of drug-likeness (QED) is 0.177. The van der Waals surface area contributed by atoms with E-state index in [4.69, 9.17) is 22.1 Å². The molecule has 0 spiro atoms. The number of benzene rings is 1. The first-order valence-corrected chi connectivity index (χ1v) is 14.2. The molecule has 0 radical (unpaired) electrons. The van der Waals surface area contributed by atoms with Crippen molar-refractivity contribution < 1.29 is 28.7 Å². The van der Waals surface area contributed by atoms with Gasteiger partial charge in [0.15, 0.2) is 12.4 Å². The second kappa shape index (κ2) is 13.3. The fraction of sp³-hybridized carbons (Fsp3) is 0.483. The number of H-pyrrole nitrogens is 1. The molecule has 1 aliphatic heterocycles. The number of nitrogens with one attached hydrogen (secondary N) is 4. The molecule has 11 nitrogen and oxygen atoms in total. The van der Waals surface area contributed by atoms with Crippen LogP contribution < -0.4 is 21.7 Å². The number of ether oxygens (including phenoxy) is 1. The maximum Gasteiger partial charge on any atom is 0.327 e. The Morgan fingerprint density at radius 2 is 1.90 bits per heavy atom. The van der Waals surface area contributed by atoms with Gasteiger partial charge in [-0.05, 0) is 50.7 Å². The van der Waals surface area contributed by atoms with Crippen molar-refractivity contribution in [1.82, 2.24) is 20.9 Å². The Morgan fingerprint density at radius 1 is 1.15 bits per heavy atom. The molecule has 1 saturated carbocycles. The van der Waals surface area contributed by atoms with Gasteiger partial charge in [0.2, 0.25) is 11.8 Å². The minimum absolute atomic E-state index is 0.0328. The van der Waals surface area contributed by atoms with Crippen molar-refractivity contribution in [3.63, 3.8) is 0 Å². The topological polar surface area (TPSA) is 172 Å². The number of ketones is 1. The molecular formula is C29H36ClN5O6. The van der Waals surface area contributed by atoms with E-state index < -0.39 is 54.2 Å². The van der Waals surface area contributed by atoms with Gasteiger partial charge in [-0.15, -0.1) is 0 Å². The highest BCUT2D eigenvalue weighted by atomic mass is 35.5. The smallest absolute Gasteiger partial charge is 0.327 e. The zero-order valence-corrected chi connectivity index (χ0v) is 23.7. The minimum Gasteiger partial charge on any atom is -0.456 e. The van der Waals surface area contributed by atoms with E-state index in [2.05, 4.69) is 27.5 Å². The second-order valence-electron chi connectivity index (χ2n) is 10.9. The Kier molecular flexibility index (Phi) is 9.82. The summed E-state index contributed by atoms with van der Waals surface area (Å²) in [6.45, 7) is 5.10. The van der Waals surface area contributed by atoms with Crippen LogP contribution in [-0.4, -0.2) is 65.7 Å². The Bertz CT molecular complexity index is 1350. The molecule has 1 saturated heterocycles. The number of hydrogen-bond acceptors (Lipinski definition) is 7. The molecule has 1 aromatic heterocycles.